The third-order valence-electron chi connectivity index (χ3n) is 2.95. The fourth-order valence-electron chi connectivity index (χ4n) is 1.97. The van der Waals surface area contributed by atoms with E-state index in [-0.39, 0.29) is 36.6 Å². The monoisotopic (exact) mass is 328 g/mol. The van der Waals surface area contributed by atoms with Crippen molar-refractivity contribution >= 4 is 36.6 Å². The smallest absolute Gasteiger partial charge is 0.242 e. The lowest BCUT2D eigenvalue weighted by molar-refractivity contribution is -0.137. The number of nitrogens with one attached hydrogen (secondary N) is 1. The maximum Gasteiger partial charge on any atom is 0.242 e. The average Bonchev–Trinajstić information content (AvgIpc) is 2.28. The third kappa shape index (κ3) is 6.74. The summed E-state index contributed by atoms with van der Waals surface area (Å²) in [5, 5.41) is 2.77. The number of amides is 2. The Bertz CT molecular complexity index is 313. The van der Waals surface area contributed by atoms with Gasteiger partial charge in [0.25, 0.3) is 0 Å². The molecular formula is C12H26Cl2N4O2. The Morgan fingerprint density at radius 1 is 1.15 bits per heavy atom. The first kappa shape index (κ1) is 21.7. The van der Waals surface area contributed by atoms with Gasteiger partial charge in [-0.3, -0.25) is 14.5 Å². The SMILES string of the molecule is CCNC(=O)CN1CCN(C(=O)C(C)(C)N)CC1.Cl.Cl. The van der Waals surface area contributed by atoms with Crippen LogP contribution in [-0.4, -0.2) is 66.4 Å². The fraction of sp³-hybridized carbons (Fsp3) is 0.833. The van der Waals surface area contributed by atoms with Crippen LogP contribution in [0.1, 0.15) is 20.8 Å². The molecule has 0 aromatic rings. The normalized spacial score (nSPS) is 15.9. The maximum atomic E-state index is 12.0. The van der Waals surface area contributed by atoms with Crippen LogP contribution in [0, 0.1) is 0 Å². The second-order valence-corrected chi connectivity index (χ2v) is 5.24. The van der Waals surface area contributed by atoms with Crippen molar-refractivity contribution in [1.29, 1.82) is 0 Å². The summed E-state index contributed by atoms with van der Waals surface area (Å²) in [6.45, 7) is 9.11. The molecule has 20 heavy (non-hydrogen) atoms. The first-order chi connectivity index (χ1) is 8.34. The van der Waals surface area contributed by atoms with Gasteiger partial charge in [-0.1, -0.05) is 0 Å². The number of piperazine rings is 1. The Morgan fingerprint density at radius 2 is 1.65 bits per heavy atom. The van der Waals surface area contributed by atoms with Crippen molar-refractivity contribution in [3.05, 3.63) is 0 Å². The fourth-order valence-corrected chi connectivity index (χ4v) is 1.97. The van der Waals surface area contributed by atoms with Gasteiger partial charge in [-0.25, -0.2) is 0 Å². The Hall–Kier alpha value is -0.560. The van der Waals surface area contributed by atoms with Crippen molar-refractivity contribution in [1.82, 2.24) is 15.1 Å². The van der Waals surface area contributed by atoms with Crippen LogP contribution >= 0.6 is 24.8 Å². The third-order valence-corrected chi connectivity index (χ3v) is 2.95. The molecule has 0 bridgehead atoms. The molecule has 0 aliphatic carbocycles. The van der Waals surface area contributed by atoms with Crippen LogP contribution in [-0.2, 0) is 9.59 Å². The number of carbonyl (C=O) groups is 2. The summed E-state index contributed by atoms with van der Waals surface area (Å²) in [7, 11) is 0. The Balaban J connectivity index is 0. The highest BCUT2D eigenvalue weighted by Gasteiger charge is 2.30. The first-order valence-corrected chi connectivity index (χ1v) is 6.42. The summed E-state index contributed by atoms with van der Waals surface area (Å²) in [5.74, 6) is 0.0107. The largest absolute Gasteiger partial charge is 0.355 e. The molecule has 120 valence electrons. The molecule has 1 heterocycles. The molecule has 0 saturated carbocycles. The zero-order valence-corrected chi connectivity index (χ0v) is 14.0. The van der Waals surface area contributed by atoms with Gasteiger partial charge in [-0.05, 0) is 20.8 Å². The second kappa shape index (κ2) is 9.39. The molecule has 1 aliphatic rings. The van der Waals surface area contributed by atoms with Crippen LogP contribution in [0.3, 0.4) is 0 Å². The minimum absolute atomic E-state index is 0. The molecule has 1 rings (SSSR count). The minimum atomic E-state index is -0.818. The summed E-state index contributed by atoms with van der Waals surface area (Å²) in [4.78, 5) is 27.2. The van der Waals surface area contributed by atoms with Crippen LogP contribution in [0.2, 0.25) is 0 Å². The van der Waals surface area contributed by atoms with E-state index in [1.54, 1.807) is 18.7 Å². The summed E-state index contributed by atoms with van der Waals surface area (Å²) in [5.41, 5.74) is 4.98. The zero-order chi connectivity index (χ0) is 13.8. The van der Waals surface area contributed by atoms with Crippen molar-refractivity contribution in [2.45, 2.75) is 26.3 Å². The van der Waals surface area contributed by atoms with E-state index in [4.69, 9.17) is 5.73 Å². The van der Waals surface area contributed by atoms with Gasteiger partial charge in [0.05, 0.1) is 12.1 Å². The summed E-state index contributed by atoms with van der Waals surface area (Å²) in [6.07, 6.45) is 0. The van der Waals surface area contributed by atoms with Gasteiger partial charge in [-0.2, -0.15) is 0 Å². The number of carbonyl (C=O) groups excluding carboxylic acids is 2. The van der Waals surface area contributed by atoms with Gasteiger partial charge in [0.1, 0.15) is 0 Å². The van der Waals surface area contributed by atoms with Gasteiger partial charge in [-0.15, -0.1) is 24.8 Å². The van der Waals surface area contributed by atoms with Crippen LogP contribution in [0.5, 0.6) is 0 Å². The van der Waals surface area contributed by atoms with Gasteiger partial charge in [0.2, 0.25) is 11.8 Å². The first-order valence-electron chi connectivity index (χ1n) is 6.42. The Morgan fingerprint density at radius 3 is 2.05 bits per heavy atom. The quantitative estimate of drug-likeness (QED) is 0.752. The van der Waals surface area contributed by atoms with Crippen molar-refractivity contribution in [3.8, 4) is 0 Å². The molecule has 1 saturated heterocycles. The van der Waals surface area contributed by atoms with Crippen LogP contribution in [0.15, 0.2) is 0 Å². The van der Waals surface area contributed by atoms with E-state index >= 15 is 0 Å². The van der Waals surface area contributed by atoms with E-state index < -0.39 is 5.54 Å². The van der Waals surface area contributed by atoms with Gasteiger partial charge in [0, 0.05) is 32.7 Å². The molecule has 1 fully saturated rings. The summed E-state index contributed by atoms with van der Waals surface area (Å²) >= 11 is 0. The molecule has 1 aliphatic heterocycles. The number of rotatable bonds is 4. The number of hydrogen-bond acceptors (Lipinski definition) is 4. The molecule has 8 heteroatoms. The molecule has 0 unspecified atom stereocenters. The molecule has 2 amide bonds. The van der Waals surface area contributed by atoms with E-state index in [2.05, 4.69) is 10.2 Å². The van der Waals surface area contributed by atoms with Crippen molar-refractivity contribution in [2.75, 3.05) is 39.3 Å². The van der Waals surface area contributed by atoms with Gasteiger partial charge in [0.15, 0.2) is 0 Å². The van der Waals surface area contributed by atoms with E-state index in [0.29, 0.717) is 26.2 Å². The zero-order valence-electron chi connectivity index (χ0n) is 12.3. The number of nitrogens with zero attached hydrogens (tertiary/aromatic N) is 2. The van der Waals surface area contributed by atoms with Crippen LogP contribution in [0.4, 0.5) is 0 Å². The van der Waals surface area contributed by atoms with Gasteiger partial charge < -0.3 is 16.0 Å². The number of halogens is 2. The molecule has 0 atom stereocenters. The van der Waals surface area contributed by atoms with E-state index in [9.17, 15) is 9.59 Å². The molecule has 3 N–H and O–H groups in total. The topological polar surface area (TPSA) is 78.7 Å². The maximum absolute atomic E-state index is 12.0. The van der Waals surface area contributed by atoms with Crippen LogP contribution < -0.4 is 11.1 Å². The van der Waals surface area contributed by atoms with E-state index in [1.807, 2.05) is 6.92 Å². The van der Waals surface area contributed by atoms with Gasteiger partial charge >= 0.3 is 0 Å². The number of likely N-dealkylation sites (N-methyl/N-ethyl adjacent to an activating group) is 1. The molecule has 0 radical (unpaired) electrons. The highest BCUT2D eigenvalue weighted by Crippen LogP contribution is 2.08. The standard InChI is InChI=1S/C12H24N4O2.2ClH/c1-4-14-10(17)9-15-5-7-16(8-6-15)11(18)12(2,3)13;;/h4-9,13H2,1-3H3,(H,14,17);2*1H. The highest BCUT2D eigenvalue weighted by molar-refractivity contribution is 5.86. The molecule has 0 spiro atoms. The lowest BCUT2D eigenvalue weighted by Gasteiger charge is -2.37. The van der Waals surface area contributed by atoms with Crippen molar-refractivity contribution in [2.24, 2.45) is 5.73 Å². The Labute approximate surface area is 133 Å². The van der Waals surface area contributed by atoms with Crippen LogP contribution in [0.25, 0.3) is 0 Å². The Kier molecular flexibility index (Phi) is 10.2. The highest BCUT2D eigenvalue weighted by atomic mass is 35.5. The lowest BCUT2D eigenvalue weighted by atomic mass is 10.0. The lowest BCUT2D eigenvalue weighted by Crippen LogP contribution is -2.57. The predicted molar refractivity (Wildman–Crippen MR) is 84.5 cm³/mol. The van der Waals surface area contributed by atoms with Crippen molar-refractivity contribution < 1.29 is 9.59 Å². The van der Waals surface area contributed by atoms with Crippen molar-refractivity contribution in [3.63, 3.8) is 0 Å². The number of nitrogens with two attached hydrogens (primary N) is 1. The predicted octanol–water partition coefficient (Wildman–Crippen LogP) is -0.152. The average molecular weight is 329 g/mol. The van der Waals surface area contributed by atoms with E-state index in [0.717, 1.165) is 13.1 Å². The van der Waals surface area contributed by atoms with E-state index in [1.165, 1.54) is 0 Å². The molecule has 6 nitrogen and oxygen atoms in total. The number of hydrogen-bond donors (Lipinski definition) is 2. The molecular weight excluding hydrogens is 303 g/mol. The second-order valence-electron chi connectivity index (χ2n) is 5.24. The molecule has 0 aromatic carbocycles. The minimum Gasteiger partial charge on any atom is -0.355 e. The summed E-state index contributed by atoms with van der Waals surface area (Å²) in [6, 6.07) is 0. The summed E-state index contributed by atoms with van der Waals surface area (Å²) < 4.78 is 0. The molecule has 0 aromatic heterocycles.